The third-order valence-corrected chi connectivity index (χ3v) is 5.83. The maximum atomic E-state index is 2.43. The van der Waals surface area contributed by atoms with Crippen molar-refractivity contribution in [3.8, 4) is 0 Å². The summed E-state index contributed by atoms with van der Waals surface area (Å²) in [4.78, 5) is 0. The van der Waals surface area contributed by atoms with Gasteiger partial charge in [0.15, 0.2) is 0 Å². The second-order valence-corrected chi connectivity index (χ2v) is 9.75. The fourth-order valence-corrected chi connectivity index (χ4v) is 3.74. The summed E-state index contributed by atoms with van der Waals surface area (Å²) in [5.74, 6) is 3.43. The standard InChI is InChI=1S/C26H46/c1-21(2)9-7-11-23(5)13-15-25-17-19-26(20-18-25)16-14-24(6)12-8-10-22(3)4/h17-24H,7-16H2,1-6H3/t23-,24-/m0/s1. The first-order chi connectivity index (χ1) is 12.4. The van der Waals surface area contributed by atoms with Gasteiger partial charge in [0.1, 0.15) is 0 Å². The molecule has 0 N–H and O–H groups in total. The minimum atomic E-state index is 0.854. The summed E-state index contributed by atoms with van der Waals surface area (Å²) in [6.07, 6.45) is 13.5. The Labute approximate surface area is 165 Å². The first-order valence-electron chi connectivity index (χ1n) is 11.4. The van der Waals surface area contributed by atoms with Gasteiger partial charge >= 0.3 is 0 Å². The summed E-state index contributed by atoms with van der Waals surface area (Å²) in [5, 5.41) is 0. The van der Waals surface area contributed by atoms with E-state index in [0.717, 1.165) is 23.7 Å². The molecule has 0 saturated heterocycles. The van der Waals surface area contributed by atoms with Crippen molar-refractivity contribution in [3.63, 3.8) is 0 Å². The van der Waals surface area contributed by atoms with Crippen molar-refractivity contribution in [2.24, 2.45) is 23.7 Å². The van der Waals surface area contributed by atoms with Crippen molar-refractivity contribution >= 4 is 0 Å². The average molecular weight is 359 g/mol. The highest BCUT2D eigenvalue weighted by molar-refractivity contribution is 5.22. The molecule has 2 atom stereocenters. The van der Waals surface area contributed by atoms with Crippen LogP contribution in [0.25, 0.3) is 0 Å². The summed E-state index contributed by atoms with van der Waals surface area (Å²) in [7, 11) is 0. The van der Waals surface area contributed by atoms with E-state index in [0.29, 0.717) is 0 Å². The van der Waals surface area contributed by atoms with Gasteiger partial charge < -0.3 is 0 Å². The molecule has 26 heavy (non-hydrogen) atoms. The molecule has 0 unspecified atom stereocenters. The van der Waals surface area contributed by atoms with Gasteiger partial charge in [0, 0.05) is 0 Å². The summed E-state index contributed by atoms with van der Waals surface area (Å²) in [6, 6.07) is 9.50. The molecule has 0 heterocycles. The second kappa shape index (κ2) is 13.4. The molecule has 0 aliphatic heterocycles. The lowest BCUT2D eigenvalue weighted by atomic mass is 9.92. The molecule has 0 heteroatoms. The molecular weight excluding hydrogens is 312 g/mol. The summed E-state index contributed by atoms with van der Waals surface area (Å²) >= 11 is 0. The van der Waals surface area contributed by atoms with E-state index in [1.54, 1.807) is 0 Å². The highest BCUT2D eigenvalue weighted by Gasteiger charge is 2.06. The Morgan fingerprint density at radius 1 is 0.500 bits per heavy atom. The maximum absolute atomic E-state index is 2.43. The van der Waals surface area contributed by atoms with Gasteiger partial charge in [-0.2, -0.15) is 0 Å². The van der Waals surface area contributed by atoms with Crippen molar-refractivity contribution in [1.29, 1.82) is 0 Å². The van der Waals surface area contributed by atoms with Gasteiger partial charge in [0.05, 0.1) is 0 Å². The third kappa shape index (κ3) is 11.8. The Kier molecular flexibility index (Phi) is 12.0. The molecular formula is C26H46. The summed E-state index contributed by atoms with van der Waals surface area (Å²) in [6.45, 7) is 14.2. The number of hydrogen-bond acceptors (Lipinski definition) is 0. The van der Waals surface area contributed by atoms with E-state index in [4.69, 9.17) is 0 Å². The normalized spacial score (nSPS) is 14.2. The van der Waals surface area contributed by atoms with E-state index in [1.807, 2.05) is 0 Å². The van der Waals surface area contributed by atoms with E-state index in [1.165, 1.54) is 75.3 Å². The predicted molar refractivity (Wildman–Crippen MR) is 119 cm³/mol. The van der Waals surface area contributed by atoms with Crippen LogP contribution in [0.5, 0.6) is 0 Å². The van der Waals surface area contributed by atoms with Crippen LogP contribution in [0.1, 0.15) is 104 Å². The highest BCUT2D eigenvalue weighted by Crippen LogP contribution is 2.20. The molecule has 0 saturated carbocycles. The van der Waals surface area contributed by atoms with Gasteiger partial charge in [-0.25, -0.2) is 0 Å². The lowest BCUT2D eigenvalue weighted by Crippen LogP contribution is -2.00. The topological polar surface area (TPSA) is 0 Å². The zero-order valence-electron chi connectivity index (χ0n) is 18.7. The molecule has 1 rings (SSSR count). The molecule has 0 aliphatic rings. The largest absolute Gasteiger partial charge is 0.0628 e. The number of rotatable bonds is 14. The third-order valence-electron chi connectivity index (χ3n) is 5.83. The summed E-state index contributed by atoms with van der Waals surface area (Å²) < 4.78 is 0. The second-order valence-electron chi connectivity index (χ2n) is 9.75. The minimum absolute atomic E-state index is 0.854. The molecule has 0 bridgehead atoms. The van der Waals surface area contributed by atoms with E-state index in [2.05, 4.69) is 65.8 Å². The Balaban J connectivity index is 2.22. The monoisotopic (exact) mass is 358 g/mol. The SMILES string of the molecule is CC(C)CCC[C@H](C)CCc1ccc(CC[C@@H](C)CCCC(C)C)cc1. The molecule has 0 fully saturated rings. The first kappa shape index (κ1) is 23.3. The number of hydrogen-bond donors (Lipinski definition) is 0. The molecule has 150 valence electrons. The van der Waals surface area contributed by atoms with Crippen LogP contribution in [0.3, 0.4) is 0 Å². The first-order valence-corrected chi connectivity index (χ1v) is 11.4. The molecule has 0 nitrogen and oxygen atoms in total. The number of aryl methyl sites for hydroxylation is 2. The van der Waals surface area contributed by atoms with Crippen LogP contribution in [-0.2, 0) is 12.8 Å². The maximum Gasteiger partial charge on any atom is -0.0276 e. The van der Waals surface area contributed by atoms with Gasteiger partial charge in [-0.1, -0.05) is 104 Å². The lowest BCUT2D eigenvalue weighted by Gasteiger charge is -2.13. The van der Waals surface area contributed by atoms with E-state index in [9.17, 15) is 0 Å². The van der Waals surface area contributed by atoms with Crippen LogP contribution in [0, 0.1) is 23.7 Å². The van der Waals surface area contributed by atoms with Gasteiger partial charge in [-0.3, -0.25) is 0 Å². The van der Waals surface area contributed by atoms with Crippen molar-refractivity contribution in [2.45, 2.75) is 106 Å². The smallest absolute Gasteiger partial charge is 0.0276 e. The predicted octanol–water partition coefficient (Wildman–Crippen LogP) is 8.48. The van der Waals surface area contributed by atoms with Crippen LogP contribution in [0.4, 0.5) is 0 Å². The quantitative estimate of drug-likeness (QED) is 0.313. The molecule has 1 aromatic carbocycles. The zero-order chi connectivity index (χ0) is 19.4. The van der Waals surface area contributed by atoms with Gasteiger partial charge in [0.25, 0.3) is 0 Å². The summed E-state index contributed by atoms with van der Waals surface area (Å²) in [5.41, 5.74) is 3.05. The van der Waals surface area contributed by atoms with Crippen LogP contribution >= 0.6 is 0 Å². The molecule has 0 amide bonds. The number of benzene rings is 1. The average Bonchev–Trinajstić information content (AvgIpc) is 2.58. The van der Waals surface area contributed by atoms with Crippen LogP contribution in [0.2, 0.25) is 0 Å². The van der Waals surface area contributed by atoms with Gasteiger partial charge in [0.2, 0.25) is 0 Å². The zero-order valence-corrected chi connectivity index (χ0v) is 18.7. The van der Waals surface area contributed by atoms with Crippen LogP contribution in [-0.4, -0.2) is 0 Å². The van der Waals surface area contributed by atoms with Gasteiger partial charge in [-0.05, 0) is 60.5 Å². The fourth-order valence-electron chi connectivity index (χ4n) is 3.74. The molecule has 0 spiro atoms. The Bertz CT molecular complexity index is 397. The Morgan fingerprint density at radius 2 is 0.846 bits per heavy atom. The van der Waals surface area contributed by atoms with Crippen molar-refractivity contribution in [3.05, 3.63) is 35.4 Å². The molecule has 0 aliphatic carbocycles. The Hall–Kier alpha value is -0.780. The van der Waals surface area contributed by atoms with Gasteiger partial charge in [-0.15, -0.1) is 0 Å². The fraction of sp³-hybridized carbons (Fsp3) is 0.769. The van der Waals surface area contributed by atoms with E-state index >= 15 is 0 Å². The highest BCUT2D eigenvalue weighted by atomic mass is 14.1. The molecule has 0 radical (unpaired) electrons. The van der Waals surface area contributed by atoms with Crippen LogP contribution in [0.15, 0.2) is 24.3 Å². The lowest BCUT2D eigenvalue weighted by molar-refractivity contribution is 0.436. The van der Waals surface area contributed by atoms with Crippen molar-refractivity contribution in [2.75, 3.05) is 0 Å². The van der Waals surface area contributed by atoms with E-state index < -0.39 is 0 Å². The van der Waals surface area contributed by atoms with Crippen molar-refractivity contribution in [1.82, 2.24) is 0 Å². The molecule has 1 aromatic rings. The Morgan fingerprint density at radius 3 is 1.15 bits per heavy atom. The minimum Gasteiger partial charge on any atom is -0.0628 e. The van der Waals surface area contributed by atoms with E-state index in [-0.39, 0.29) is 0 Å². The molecule has 0 aromatic heterocycles. The van der Waals surface area contributed by atoms with Crippen molar-refractivity contribution < 1.29 is 0 Å². The van der Waals surface area contributed by atoms with Crippen LogP contribution < -0.4 is 0 Å².